The average molecular weight is 379 g/mol. The zero-order valence-electron chi connectivity index (χ0n) is 15.2. The molecule has 0 saturated heterocycles. The summed E-state index contributed by atoms with van der Waals surface area (Å²) in [6.45, 7) is 3.51. The largest absolute Gasteiger partial charge is 0.481 e. The molecule has 6 N–H and O–H groups in total. The lowest BCUT2D eigenvalue weighted by molar-refractivity contribution is -0.147. The highest BCUT2D eigenvalue weighted by atomic mass is 16.4. The Hall–Kier alpha value is -2.94. The molecule has 0 aliphatic carbocycles. The molecule has 3 unspecified atom stereocenters. The minimum absolute atomic E-state index is 0.0998. The van der Waals surface area contributed by atoms with Crippen molar-refractivity contribution in [2.24, 2.45) is 11.7 Å². The molecule has 1 aromatic rings. The molecular formula is C18H25N3O6. The predicted octanol–water partition coefficient (Wildman–Crippen LogP) is -0.259. The van der Waals surface area contributed by atoms with Gasteiger partial charge in [-0.05, 0) is 11.5 Å². The van der Waals surface area contributed by atoms with Gasteiger partial charge in [-0.15, -0.1) is 0 Å². The number of carbonyl (C=O) groups excluding carboxylic acids is 2. The van der Waals surface area contributed by atoms with Crippen molar-refractivity contribution in [3.05, 3.63) is 35.9 Å². The van der Waals surface area contributed by atoms with Crippen molar-refractivity contribution in [2.45, 2.75) is 44.8 Å². The summed E-state index contributed by atoms with van der Waals surface area (Å²) in [5, 5.41) is 22.6. The minimum Gasteiger partial charge on any atom is -0.481 e. The maximum Gasteiger partial charge on any atom is 0.326 e. The standard InChI is InChI=1S/C18H25N3O6/c1-10(2)15(19)17(25)20-12(8-11-6-4-3-5-7-11)16(24)21-13(18(26)27)9-14(22)23/h3-7,10,12-13,15H,8-9,19H2,1-2H3,(H,20,25)(H,21,24)(H,22,23)(H,26,27). The molecule has 1 aromatic carbocycles. The summed E-state index contributed by atoms with van der Waals surface area (Å²) in [6, 6.07) is 5.27. The van der Waals surface area contributed by atoms with E-state index in [0.29, 0.717) is 0 Å². The Labute approximate surface area is 156 Å². The number of aliphatic carboxylic acids is 2. The summed E-state index contributed by atoms with van der Waals surface area (Å²) >= 11 is 0. The lowest BCUT2D eigenvalue weighted by Crippen LogP contribution is -2.56. The molecule has 0 saturated carbocycles. The van der Waals surface area contributed by atoms with Crippen LogP contribution in [0, 0.1) is 5.92 Å². The molecule has 0 bridgehead atoms. The van der Waals surface area contributed by atoms with Crippen LogP contribution in [0.4, 0.5) is 0 Å². The maximum absolute atomic E-state index is 12.5. The number of benzene rings is 1. The molecule has 0 spiro atoms. The Kier molecular flexibility index (Phi) is 8.40. The van der Waals surface area contributed by atoms with E-state index in [0.717, 1.165) is 5.56 Å². The van der Waals surface area contributed by atoms with Crippen LogP contribution in [0.25, 0.3) is 0 Å². The molecule has 1 rings (SSSR count). The molecular weight excluding hydrogens is 354 g/mol. The van der Waals surface area contributed by atoms with E-state index in [2.05, 4.69) is 10.6 Å². The van der Waals surface area contributed by atoms with Crippen LogP contribution in [-0.2, 0) is 25.6 Å². The molecule has 0 aliphatic rings. The Morgan fingerprint density at radius 1 is 0.963 bits per heavy atom. The van der Waals surface area contributed by atoms with Gasteiger partial charge in [0.15, 0.2) is 0 Å². The van der Waals surface area contributed by atoms with E-state index in [1.165, 1.54) is 0 Å². The number of amides is 2. The number of carboxylic acids is 2. The molecule has 3 atom stereocenters. The topological polar surface area (TPSA) is 159 Å². The SMILES string of the molecule is CC(C)C(N)C(=O)NC(Cc1ccccc1)C(=O)NC(CC(=O)O)C(=O)O. The van der Waals surface area contributed by atoms with Gasteiger partial charge >= 0.3 is 11.9 Å². The van der Waals surface area contributed by atoms with Gasteiger partial charge in [-0.25, -0.2) is 4.79 Å². The highest BCUT2D eigenvalue weighted by Gasteiger charge is 2.29. The number of nitrogens with one attached hydrogen (secondary N) is 2. The van der Waals surface area contributed by atoms with Gasteiger partial charge in [0.1, 0.15) is 12.1 Å². The average Bonchev–Trinajstić information content (AvgIpc) is 2.59. The first-order chi connectivity index (χ1) is 12.6. The summed E-state index contributed by atoms with van der Waals surface area (Å²) < 4.78 is 0. The first-order valence-corrected chi connectivity index (χ1v) is 8.46. The van der Waals surface area contributed by atoms with E-state index in [1.54, 1.807) is 44.2 Å². The summed E-state index contributed by atoms with van der Waals surface area (Å²) in [5.41, 5.74) is 6.54. The number of rotatable bonds is 10. The smallest absolute Gasteiger partial charge is 0.326 e. The third-order valence-electron chi connectivity index (χ3n) is 3.93. The molecule has 0 fully saturated rings. The minimum atomic E-state index is -1.61. The van der Waals surface area contributed by atoms with E-state index in [9.17, 15) is 19.2 Å². The maximum atomic E-state index is 12.5. The number of nitrogens with two attached hydrogens (primary N) is 1. The van der Waals surface area contributed by atoms with Gasteiger partial charge in [-0.3, -0.25) is 14.4 Å². The van der Waals surface area contributed by atoms with Crippen LogP contribution in [0.5, 0.6) is 0 Å². The fourth-order valence-corrected chi connectivity index (χ4v) is 2.28. The molecule has 2 amide bonds. The van der Waals surface area contributed by atoms with Gasteiger partial charge < -0.3 is 26.6 Å². The number of carbonyl (C=O) groups is 4. The van der Waals surface area contributed by atoms with Crippen molar-refractivity contribution < 1.29 is 29.4 Å². The van der Waals surface area contributed by atoms with Crippen molar-refractivity contribution in [3.8, 4) is 0 Å². The molecule has 148 valence electrons. The fraction of sp³-hybridized carbons (Fsp3) is 0.444. The second-order valence-corrected chi connectivity index (χ2v) is 6.52. The van der Waals surface area contributed by atoms with Crippen LogP contribution in [0.1, 0.15) is 25.8 Å². The Morgan fingerprint density at radius 3 is 2.00 bits per heavy atom. The van der Waals surface area contributed by atoms with Gasteiger partial charge in [-0.2, -0.15) is 0 Å². The van der Waals surface area contributed by atoms with E-state index in [1.807, 2.05) is 0 Å². The van der Waals surface area contributed by atoms with Gasteiger partial charge in [0, 0.05) is 6.42 Å². The molecule has 0 aromatic heterocycles. The Bertz CT molecular complexity index is 677. The van der Waals surface area contributed by atoms with Gasteiger partial charge in [0.2, 0.25) is 11.8 Å². The van der Waals surface area contributed by atoms with Crippen LogP contribution in [-0.4, -0.2) is 52.1 Å². The molecule has 9 heteroatoms. The van der Waals surface area contributed by atoms with Crippen molar-refractivity contribution in [3.63, 3.8) is 0 Å². The lowest BCUT2D eigenvalue weighted by Gasteiger charge is -2.23. The third kappa shape index (κ3) is 7.45. The third-order valence-corrected chi connectivity index (χ3v) is 3.93. The molecule has 0 radical (unpaired) electrons. The Morgan fingerprint density at radius 2 is 1.52 bits per heavy atom. The fourth-order valence-electron chi connectivity index (χ4n) is 2.28. The number of hydrogen-bond acceptors (Lipinski definition) is 5. The van der Waals surface area contributed by atoms with Gasteiger partial charge in [0.05, 0.1) is 12.5 Å². The Balaban J connectivity index is 2.97. The van der Waals surface area contributed by atoms with Crippen LogP contribution in [0.3, 0.4) is 0 Å². The van der Waals surface area contributed by atoms with E-state index in [4.69, 9.17) is 15.9 Å². The quantitative estimate of drug-likeness (QED) is 0.374. The summed E-state index contributed by atoms with van der Waals surface area (Å²) in [6.07, 6.45) is -0.679. The summed E-state index contributed by atoms with van der Waals surface area (Å²) in [4.78, 5) is 46.8. The highest BCUT2D eigenvalue weighted by molar-refractivity contribution is 5.93. The lowest BCUT2D eigenvalue weighted by atomic mass is 10.0. The second kappa shape index (κ2) is 10.3. The van der Waals surface area contributed by atoms with E-state index >= 15 is 0 Å². The van der Waals surface area contributed by atoms with Crippen LogP contribution < -0.4 is 16.4 Å². The number of hydrogen-bond donors (Lipinski definition) is 5. The monoisotopic (exact) mass is 379 g/mol. The predicted molar refractivity (Wildman–Crippen MR) is 96.7 cm³/mol. The highest BCUT2D eigenvalue weighted by Crippen LogP contribution is 2.06. The van der Waals surface area contributed by atoms with Gasteiger partial charge in [0.25, 0.3) is 0 Å². The molecule has 9 nitrogen and oxygen atoms in total. The van der Waals surface area contributed by atoms with E-state index in [-0.39, 0.29) is 12.3 Å². The second-order valence-electron chi connectivity index (χ2n) is 6.52. The zero-order chi connectivity index (χ0) is 20.6. The van der Waals surface area contributed by atoms with Crippen molar-refractivity contribution in [2.75, 3.05) is 0 Å². The summed E-state index contributed by atoms with van der Waals surface area (Å²) in [7, 11) is 0. The normalized spacial score (nSPS) is 14.1. The molecule has 27 heavy (non-hydrogen) atoms. The van der Waals surface area contributed by atoms with Crippen molar-refractivity contribution >= 4 is 23.8 Å². The first-order valence-electron chi connectivity index (χ1n) is 8.46. The van der Waals surface area contributed by atoms with Crippen LogP contribution in [0.2, 0.25) is 0 Å². The van der Waals surface area contributed by atoms with Gasteiger partial charge in [-0.1, -0.05) is 44.2 Å². The first kappa shape index (κ1) is 22.1. The molecule has 0 heterocycles. The van der Waals surface area contributed by atoms with Crippen LogP contribution in [0.15, 0.2) is 30.3 Å². The van der Waals surface area contributed by atoms with Crippen molar-refractivity contribution in [1.29, 1.82) is 0 Å². The zero-order valence-corrected chi connectivity index (χ0v) is 15.2. The number of carboxylic acid groups (broad SMARTS) is 2. The molecule has 0 aliphatic heterocycles. The summed E-state index contributed by atoms with van der Waals surface area (Å²) in [5.74, 6) is -4.35. The van der Waals surface area contributed by atoms with Crippen LogP contribution >= 0.6 is 0 Å². The van der Waals surface area contributed by atoms with E-state index < -0.39 is 48.3 Å². The van der Waals surface area contributed by atoms with Crippen molar-refractivity contribution in [1.82, 2.24) is 10.6 Å².